The molecule has 1 saturated heterocycles. The van der Waals surface area contributed by atoms with Gasteiger partial charge < -0.3 is 18.9 Å². The van der Waals surface area contributed by atoms with Gasteiger partial charge in [0.1, 0.15) is 23.7 Å². The summed E-state index contributed by atoms with van der Waals surface area (Å²) < 4.78 is 21.8. The monoisotopic (exact) mass is 488 g/mol. The summed E-state index contributed by atoms with van der Waals surface area (Å²) in [5.74, 6) is -0.0309. The van der Waals surface area contributed by atoms with Crippen LogP contribution >= 0.6 is 0 Å². The van der Waals surface area contributed by atoms with Crippen LogP contribution in [-0.2, 0) is 16.2 Å². The molecule has 1 N–H and O–H groups in total. The number of hydrogen-bond donors (Lipinski definition) is 1. The Morgan fingerprint density at radius 2 is 1.53 bits per heavy atom. The Kier molecular flexibility index (Phi) is 7.20. The number of nitrogens with zero attached hydrogens (tertiary/aromatic N) is 1. The first kappa shape index (κ1) is 24.3. The zero-order chi connectivity index (χ0) is 25.7. The number of hydrogen-bond acceptors (Lipinski definition) is 7. The van der Waals surface area contributed by atoms with Crippen molar-refractivity contribution in [3.8, 4) is 23.0 Å². The zero-order valence-corrected chi connectivity index (χ0v) is 19.9. The summed E-state index contributed by atoms with van der Waals surface area (Å²) in [4.78, 5) is 39.4. The molecule has 4 amide bonds. The molecule has 1 aliphatic rings. The van der Waals surface area contributed by atoms with Crippen molar-refractivity contribution in [2.75, 3.05) is 26.2 Å². The zero-order valence-electron chi connectivity index (χ0n) is 19.9. The van der Waals surface area contributed by atoms with Gasteiger partial charge in [0.05, 0.1) is 27.0 Å². The minimum Gasteiger partial charge on any atom is -0.497 e. The molecule has 0 atom stereocenters. The number of carbonyl (C=O) groups is 3. The van der Waals surface area contributed by atoms with Gasteiger partial charge in [-0.05, 0) is 41.5 Å². The minimum atomic E-state index is -0.893. The third kappa shape index (κ3) is 5.00. The molecule has 3 aromatic rings. The van der Waals surface area contributed by atoms with E-state index in [0.717, 1.165) is 10.5 Å². The smallest absolute Gasteiger partial charge is 0.336 e. The number of imide groups is 2. The first-order chi connectivity index (χ1) is 17.4. The first-order valence-electron chi connectivity index (χ1n) is 10.9. The molecular formula is C27H24N2O7. The highest BCUT2D eigenvalue weighted by Crippen LogP contribution is 2.35. The topological polar surface area (TPSA) is 103 Å². The molecule has 0 aliphatic carbocycles. The average Bonchev–Trinajstić information content (AvgIpc) is 2.90. The van der Waals surface area contributed by atoms with Gasteiger partial charge in [0.15, 0.2) is 11.5 Å². The SMILES string of the molecule is COc1ccc(OC)c(N2C(=O)NC(=O)C(=Cc3ccc(OCc4ccccc4)c(OC)c3)C2=O)c1. The van der Waals surface area contributed by atoms with E-state index in [1.165, 1.54) is 33.5 Å². The molecule has 0 spiro atoms. The molecule has 0 unspecified atom stereocenters. The second-order valence-electron chi connectivity index (χ2n) is 7.68. The van der Waals surface area contributed by atoms with E-state index in [1.54, 1.807) is 30.3 Å². The molecule has 1 fully saturated rings. The van der Waals surface area contributed by atoms with Crippen LogP contribution in [0.4, 0.5) is 10.5 Å². The number of benzene rings is 3. The van der Waals surface area contributed by atoms with Crippen molar-refractivity contribution in [2.24, 2.45) is 0 Å². The minimum absolute atomic E-state index is 0.139. The van der Waals surface area contributed by atoms with E-state index in [0.29, 0.717) is 29.4 Å². The lowest BCUT2D eigenvalue weighted by molar-refractivity contribution is -0.122. The molecule has 0 saturated carbocycles. The number of anilines is 1. The van der Waals surface area contributed by atoms with Crippen molar-refractivity contribution >= 4 is 29.6 Å². The Balaban J connectivity index is 1.64. The predicted molar refractivity (Wildman–Crippen MR) is 132 cm³/mol. The van der Waals surface area contributed by atoms with E-state index in [-0.39, 0.29) is 17.0 Å². The van der Waals surface area contributed by atoms with E-state index in [1.807, 2.05) is 30.3 Å². The molecule has 1 aliphatic heterocycles. The van der Waals surface area contributed by atoms with E-state index < -0.39 is 17.8 Å². The molecule has 3 aromatic carbocycles. The normalized spacial score (nSPS) is 14.5. The van der Waals surface area contributed by atoms with Gasteiger partial charge in [-0.3, -0.25) is 14.9 Å². The van der Waals surface area contributed by atoms with Gasteiger partial charge in [0.2, 0.25) is 0 Å². The van der Waals surface area contributed by atoms with Gasteiger partial charge in [0.25, 0.3) is 11.8 Å². The highest BCUT2D eigenvalue weighted by atomic mass is 16.5. The van der Waals surface area contributed by atoms with E-state index in [9.17, 15) is 14.4 Å². The number of barbiturate groups is 1. The summed E-state index contributed by atoms with van der Waals surface area (Å²) >= 11 is 0. The highest BCUT2D eigenvalue weighted by molar-refractivity contribution is 6.39. The lowest BCUT2D eigenvalue weighted by atomic mass is 10.1. The highest BCUT2D eigenvalue weighted by Gasteiger charge is 2.38. The molecule has 0 aromatic heterocycles. The van der Waals surface area contributed by atoms with Crippen molar-refractivity contribution < 1.29 is 33.3 Å². The number of methoxy groups -OCH3 is 3. The van der Waals surface area contributed by atoms with E-state index in [4.69, 9.17) is 18.9 Å². The Morgan fingerprint density at radius 1 is 0.806 bits per heavy atom. The van der Waals surface area contributed by atoms with Crippen LogP contribution in [0.1, 0.15) is 11.1 Å². The van der Waals surface area contributed by atoms with Gasteiger partial charge in [-0.15, -0.1) is 0 Å². The van der Waals surface area contributed by atoms with Gasteiger partial charge in [-0.25, -0.2) is 9.69 Å². The van der Waals surface area contributed by atoms with Crippen molar-refractivity contribution in [1.29, 1.82) is 0 Å². The second kappa shape index (κ2) is 10.6. The van der Waals surface area contributed by atoms with Gasteiger partial charge in [-0.2, -0.15) is 0 Å². The second-order valence-corrected chi connectivity index (χ2v) is 7.68. The fourth-order valence-corrected chi connectivity index (χ4v) is 3.64. The molecule has 0 bridgehead atoms. The van der Waals surface area contributed by atoms with Crippen LogP contribution < -0.4 is 29.2 Å². The molecule has 184 valence electrons. The molecule has 9 nitrogen and oxygen atoms in total. The van der Waals surface area contributed by atoms with Crippen LogP contribution in [0.5, 0.6) is 23.0 Å². The summed E-state index contributed by atoms with van der Waals surface area (Å²) in [6.07, 6.45) is 1.38. The Hall–Kier alpha value is -4.79. The van der Waals surface area contributed by atoms with Crippen LogP contribution in [0.3, 0.4) is 0 Å². The van der Waals surface area contributed by atoms with E-state index >= 15 is 0 Å². The maximum Gasteiger partial charge on any atom is 0.336 e. The van der Waals surface area contributed by atoms with Gasteiger partial charge >= 0.3 is 6.03 Å². The lowest BCUT2D eigenvalue weighted by Crippen LogP contribution is -2.54. The number of carbonyl (C=O) groups excluding carboxylic acids is 3. The third-order valence-electron chi connectivity index (χ3n) is 5.46. The predicted octanol–water partition coefficient (Wildman–Crippen LogP) is 3.96. The van der Waals surface area contributed by atoms with Crippen LogP contribution in [0.25, 0.3) is 6.08 Å². The molecule has 0 radical (unpaired) electrons. The molecule has 4 rings (SSSR count). The molecular weight excluding hydrogens is 464 g/mol. The van der Waals surface area contributed by atoms with Crippen molar-refractivity contribution in [1.82, 2.24) is 5.32 Å². The van der Waals surface area contributed by atoms with Crippen molar-refractivity contribution in [3.05, 3.63) is 83.4 Å². The number of ether oxygens (including phenoxy) is 4. The summed E-state index contributed by atoms with van der Waals surface area (Å²) in [5.41, 5.74) is 1.40. The lowest BCUT2D eigenvalue weighted by Gasteiger charge is -2.27. The fourth-order valence-electron chi connectivity index (χ4n) is 3.64. The molecule has 1 heterocycles. The maximum absolute atomic E-state index is 13.3. The summed E-state index contributed by atoms with van der Waals surface area (Å²) in [6, 6.07) is 18.5. The maximum atomic E-state index is 13.3. The van der Waals surface area contributed by atoms with Crippen LogP contribution in [-0.4, -0.2) is 39.2 Å². The number of nitrogens with one attached hydrogen (secondary N) is 1. The first-order valence-corrected chi connectivity index (χ1v) is 10.9. The largest absolute Gasteiger partial charge is 0.497 e. The quantitative estimate of drug-likeness (QED) is 0.378. The van der Waals surface area contributed by atoms with E-state index in [2.05, 4.69) is 5.32 Å². The molecule has 9 heteroatoms. The number of urea groups is 1. The Bertz CT molecular complexity index is 1340. The average molecular weight is 488 g/mol. The standard InChI is InChI=1S/C27H24N2O7/c1-33-19-10-12-22(34-2)21(15-19)29-26(31)20(25(30)28-27(29)32)13-18-9-11-23(24(14-18)35-3)36-16-17-7-5-4-6-8-17/h4-15H,16H2,1-3H3,(H,28,30,32). The summed E-state index contributed by atoms with van der Waals surface area (Å²) in [5, 5.41) is 2.20. The Morgan fingerprint density at radius 3 is 2.22 bits per heavy atom. The summed E-state index contributed by atoms with van der Waals surface area (Å²) in [6.45, 7) is 0.345. The van der Waals surface area contributed by atoms with Crippen LogP contribution in [0.2, 0.25) is 0 Å². The fraction of sp³-hybridized carbons (Fsp3) is 0.148. The van der Waals surface area contributed by atoms with Crippen LogP contribution in [0, 0.1) is 0 Å². The number of rotatable bonds is 8. The van der Waals surface area contributed by atoms with Gasteiger partial charge in [0, 0.05) is 6.07 Å². The van der Waals surface area contributed by atoms with Crippen molar-refractivity contribution in [2.45, 2.75) is 6.61 Å². The third-order valence-corrected chi connectivity index (χ3v) is 5.46. The number of amides is 4. The van der Waals surface area contributed by atoms with Crippen molar-refractivity contribution in [3.63, 3.8) is 0 Å². The summed E-state index contributed by atoms with van der Waals surface area (Å²) in [7, 11) is 4.36. The Labute approximate surface area is 207 Å². The molecule has 36 heavy (non-hydrogen) atoms. The van der Waals surface area contributed by atoms with Crippen LogP contribution in [0.15, 0.2) is 72.3 Å². The van der Waals surface area contributed by atoms with Gasteiger partial charge in [-0.1, -0.05) is 36.4 Å².